The third-order valence-corrected chi connectivity index (χ3v) is 20.8. The number of aliphatic hydroxyl groups is 3. The molecule has 6 atom stereocenters. The number of fused-ring (bicyclic) bond motifs is 1. The minimum atomic E-state index is -0.318. The van der Waals surface area contributed by atoms with Crippen molar-refractivity contribution in [1.82, 2.24) is 35.1 Å². The molecule has 0 spiro atoms. The first kappa shape index (κ1) is 69.2. The number of piperidine rings is 4. The van der Waals surface area contributed by atoms with Gasteiger partial charge in [0, 0.05) is 76.5 Å². The van der Waals surface area contributed by atoms with Gasteiger partial charge in [0.2, 0.25) is 17.8 Å². The minimum Gasteiger partial charge on any atom is -0.457 e. The average molecular weight is 1280 g/mol. The number of benzene rings is 5. The third kappa shape index (κ3) is 20.7. The van der Waals surface area contributed by atoms with Gasteiger partial charge in [-0.2, -0.15) is 15.0 Å². The van der Waals surface area contributed by atoms with E-state index in [2.05, 4.69) is 119 Å². The number of likely N-dealkylation sites (tertiary alicyclic amines) is 1. The van der Waals surface area contributed by atoms with Crippen molar-refractivity contribution in [2.45, 2.75) is 122 Å². The number of rotatable bonds is 22. The number of carbonyl (C=O) groups is 1. The summed E-state index contributed by atoms with van der Waals surface area (Å²) in [6.45, 7) is 11.2. The number of nitrogen functional groups attached to an aromatic ring is 3. The van der Waals surface area contributed by atoms with Crippen LogP contribution < -0.4 is 37.1 Å². The van der Waals surface area contributed by atoms with Crippen LogP contribution in [0, 0.1) is 40.4 Å². The molecule has 6 fully saturated rings. The van der Waals surface area contributed by atoms with Crippen LogP contribution in [0.1, 0.15) is 112 Å². The molecule has 7 aromatic rings. The molecule has 4 aliphatic heterocycles. The molecule has 0 bridgehead atoms. The van der Waals surface area contributed by atoms with Crippen molar-refractivity contribution in [3.63, 3.8) is 0 Å². The SMILES string of the molecule is CN(Cc1ccc(Oc2ccccc2)cc1)C(=O)[C@H]1CC[C@H](O)C1.Nc1cc(N2CCC(CO)(CCCc3ccccc3)CC2)nc(N)n1.Nc1nccc(N2CCCC(CO)(CCCc3ccccc3)C2)n1.c1ccc(CCC2CCN(CC3[C@H]4CNC[C@@H]34)CC2)cc1. The fourth-order valence-corrected chi connectivity index (χ4v) is 15.0. The van der Waals surface area contributed by atoms with Gasteiger partial charge in [-0.1, -0.05) is 121 Å². The highest BCUT2D eigenvalue weighted by Crippen LogP contribution is 2.49. The Kier molecular flexibility index (Phi) is 25.5. The summed E-state index contributed by atoms with van der Waals surface area (Å²) in [6, 6.07) is 53.2. The number of aryl methyl sites for hydroxylation is 3. The molecule has 502 valence electrons. The first-order valence-electron chi connectivity index (χ1n) is 34.8. The normalized spacial score (nSPS) is 22.3. The fraction of sp³-hybridized carbons (Fsp3) is 0.494. The first-order valence-corrected chi connectivity index (χ1v) is 34.8. The van der Waals surface area contributed by atoms with Crippen LogP contribution in [0.25, 0.3) is 0 Å². The number of nitrogens with zero attached hydrogens (tertiary/aromatic N) is 8. The van der Waals surface area contributed by atoms with E-state index in [-0.39, 0.29) is 47.9 Å². The largest absolute Gasteiger partial charge is 0.457 e. The van der Waals surface area contributed by atoms with Gasteiger partial charge >= 0.3 is 0 Å². The molecule has 17 heteroatoms. The van der Waals surface area contributed by atoms with Gasteiger partial charge in [-0.15, -0.1) is 0 Å². The van der Waals surface area contributed by atoms with Crippen LogP contribution in [0.2, 0.25) is 0 Å². The van der Waals surface area contributed by atoms with E-state index in [0.29, 0.717) is 24.7 Å². The predicted molar refractivity (Wildman–Crippen MR) is 378 cm³/mol. The van der Waals surface area contributed by atoms with E-state index in [1.165, 1.54) is 75.1 Å². The molecule has 10 N–H and O–H groups in total. The van der Waals surface area contributed by atoms with Gasteiger partial charge in [-0.05, 0) is 217 Å². The number of hydrogen-bond acceptors (Lipinski definition) is 16. The molecule has 13 rings (SSSR count). The van der Waals surface area contributed by atoms with E-state index >= 15 is 0 Å². The molecule has 6 aliphatic rings. The Bertz CT molecular complexity index is 3310. The lowest BCUT2D eigenvalue weighted by Gasteiger charge is -2.42. The van der Waals surface area contributed by atoms with Gasteiger partial charge < -0.3 is 62.2 Å². The number of hydrogen-bond donors (Lipinski definition) is 7. The summed E-state index contributed by atoms with van der Waals surface area (Å²) in [6.07, 6.45) is 19.4. The number of para-hydroxylation sites is 1. The molecule has 2 unspecified atom stereocenters. The van der Waals surface area contributed by atoms with Crippen molar-refractivity contribution in [1.29, 1.82) is 0 Å². The van der Waals surface area contributed by atoms with Gasteiger partial charge in [-0.3, -0.25) is 4.79 Å². The van der Waals surface area contributed by atoms with Gasteiger partial charge in [0.05, 0.1) is 12.7 Å². The molecule has 94 heavy (non-hydrogen) atoms. The van der Waals surface area contributed by atoms with Crippen molar-refractivity contribution in [3.05, 3.63) is 186 Å². The second-order valence-corrected chi connectivity index (χ2v) is 27.6. The molecule has 6 heterocycles. The van der Waals surface area contributed by atoms with Gasteiger partial charge in [0.1, 0.15) is 29.0 Å². The monoisotopic (exact) mass is 1280 g/mol. The van der Waals surface area contributed by atoms with Crippen molar-refractivity contribution >= 4 is 35.3 Å². The lowest BCUT2D eigenvalue weighted by Crippen LogP contribution is -2.46. The van der Waals surface area contributed by atoms with E-state index < -0.39 is 0 Å². The van der Waals surface area contributed by atoms with Crippen molar-refractivity contribution in [2.24, 2.45) is 40.4 Å². The lowest BCUT2D eigenvalue weighted by atomic mass is 9.75. The molecular formula is C77H104N12O5. The Hall–Kier alpha value is -7.67. The summed E-state index contributed by atoms with van der Waals surface area (Å²) in [5.74, 6) is 8.26. The van der Waals surface area contributed by atoms with Crippen molar-refractivity contribution in [2.75, 3.05) is 106 Å². The van der Waals surface area contributed by atoms with Crippen LogP contribution >= 0.6 is 0 Å². The molecule has 0 radical (unpaired) electrons. The van der Waals surface area contributed by atoms with E-state index in [4.69, 9.17) is 21.9 Å². The summed E-state index contributed by atoms with van der Waals surface area (Å²) in [5, 5.41) is 33.2. The van der Waals surface area contributed by atoms with Gasteiger partial charge in [0.15, 0.2) is 0 Å². The Balaban J connectivity index is 0.000000137. The second-order valence-electron chi connectivity index (χ2n) is 27.6. The molecule has 5 aromatic carbocycles. The molecule has 2 aromatic heterocycles. The molecule has 1 amide bonds. The maximum Gasteiger partial charge on any atom is 0.225 e. The Morgan fingerprint density at radius 2 is 1.19 bits per heavy atom. The summed E-state index contributed by atoms with van der Waals surface area (Å²) in [7, 11) is 1.82. The molecule has 2 aliphatic carbocycles. The Labute approximate surface area is 558 Å². The maximum absolute atomic E-state index is 12.4. The number of nitrogens with two attached hydrogens (primary N) is 3. The highest BCUT2D eigenvalue weighted by molar-refractivity contribution is 5.79. The van der Waals surface area contributed by atoms with E-state index in [1.807, 2.05) is 79.8 Å². The maximum atomic E-state index is 12.4. The zero-order chi connectivity index (χ0) is 65.5. The van der Waals surface area contributed by atoms with E-state index in [0.717, 1.165) is 156 Å². The van der Waals surface area contributed by atoms with Gasteiger partial charge in [0.25, 0.3) is 0 Å². The van der Waals surface area contributed by atoms with Crippen LogP contribution in [-0.2, 0) is 30.6 Å². The number of aromatic nitrogens is 4. The Morgan fingerprint density at radius 3 is 1.77 bits per heavy atom. The molecule has 17 nitrogen and oxygen atoms in total. The number of ether oxygens (including phenoxy) is 1. The zero-order valence-electron chi connectivity index (χ0n) is 55.5. The number of nitrogens with one attached hydrogen (secondary N) is 1. The van der Waals surface area contributed by atoms with Crippen LogP contribution in [-0.4, -0.2) is 136 Å². The number of amides is 1. The van der Waals surface area contributed by atoms with Crippen molar-refractivity contribution in [3.8, 4) is 11.5 Å². The van der Waals surface area contributed by atoms with E-state index in [9.17, 15) is 20.1 Å². The number of anilines is 5. The van der Waals surface area contributed by atoms with E-state index in [1.54, 1.807) is 17.2 Å². The van der Waals surface area contributed by atoms with Crippen LogP contribution in [0.4, 0.5) is 29.4 Å². The third-order valence-electron chi connectivity index (χ3n) is 20.8. The summed E-state index contributed by atoms with van der Waals surface area (Å²) >= 11 is 0. The highest BCUT2D eigenvalue weighted by atomic mass is 16.5. The zero-order valence-corrected chi connectivity index (χ0v) is 55.5. The fourth-order valence-electron chi connectivity index (χ4n) is 15.0. The topological polar surface area (TPSA) is 242 Å². The van der Waals surface area contributed by atoms with Crippen molar-refractivity contribution < 1.29 is 24.9 Å². The first-order chi connectivity index (χ1) is 45.8. The highest BCUT2D eigenvalue weighted by Gasteiger charge is 2.53. The standard InChI is InChI=1S/C20H23NO3.C19H27N5O.C19H26N4O.C19H28N2/c1-21(20(23)16-9-10-17(22)13-16)14-15-7-11-19(12-8-15)24-18-5-3-2-4-6-18;20-16-13-17(23-18(21)22-16)24-11-9-19(14-25,10-12-24)8-4-7-15-5-2-1-3-6-15;20-18-21-12-9-17(22-18)23-13-5-11-19(14-23,15-24)10-4-8-16-6-2-1-3-7-16;1-2-4-15(5-3-1)6-7-16-8-10-21(11-9-16)14-19-17-12-20-13-18(17)19/h2-8,11-12,16-17,22H,9-10,13-14H2,1H3;1-3,5-6,13,25H,4,7-12,14H2,(H4,20,21,22,23);1-3,6-7,9,12,24H,4-5,8,10-11,13-15H2,(H2,20,21,22);1-5,16-20H,6-14H2/t16-,17-;;;17-,18+,19?/m0.../s1. The summed E-state index contributed by atoms with van der Waals surface area (Å²) < 4.78 is 5.77. The van der Waals surface area contributed by atoms with Crippen LogP contribution in [0.15, 0.2) is 164 Å². The van der Waals surface area contributed by atoms with Gasteiger partial charge in [-0.25, -0.2) is 4.98 Å². The van der Waals surface area contributed by atoms with Crippen LogP contribution in [0.3, 0.4) is 0 Å². The smallest absolute Gasteiger partial charge is 0.225 e. The predicted octanol–water partition coefficient (Wildman–Crippen LogP) is 11.3. The summed E-state index contributed by atoms with van der Waals surface area (Å²) in [5.41, 5.74) is 22.4. The molecular weight excluding hydrogens is 1170 g/mol. The number of aliphatic hydroxyl groups excluding tert-OH is 3. The Morgan fingerprint density at radius 1 is 0.617 bits per heavy atom. The molecule has 2 saturated carbocycles. The minimum absolute atomic E-state index is 0.00933. The average Bonchev–Trinajstić information content (AvgIpc) is 1.60. The number of carbonyl (C=O) groups excluding carboxylic acids is 1. The molecule has 4 saturated heterocycles. The summed E-state index contributed by atoms with van der Waals surface area (Å²) in [4.78, 5) is 37.8. The second kappa shape index (κ2) is 34.7. The van der Waals surface area contributed by atoms with Crippen LogP contribution in [0.5, 0.6) is 11.5 Å². The lowest BCUT2D eigenvalue weighted by molar-refractivity contribution is -0.134. The quantitative estimate of drug-likeness (QED) is 0.0334.